The fraction of sp³-hybridized carbons (Fsp3) is 0.714. The topological polar surface area (TPSA) is 80.9 Å². The van der Waals surface area contributed by atoms with Gasteiger partial charge in [-0.25, -0.2) is 0 Å². The fourth-order valence-electron chi connectivity index (χ4n) is 0.699. The highest BCUT2D eigenvalue weighted by Gasteiger charge is 2.32. The highest BCUT2D eigenvalue weighted by Crippen LogP contribution is 2.23. The van der Waals surface area contributed by atoms with E-state index in [1.807, 2.05) is 0 Å². The Bertz CT molecular complexity index is 129. The Kier molecular flexibility index (Phi) is 4.10. The highest BCUT2D eigenvalue weighted by molar-refractivity contribution is 5.05. The van der Waals surface area contributed by atoms with Crippen molar-refractivity contribution in [2.24, 2.45) is 5.41 Å². The quantitative estimate of drug-likeness (QED) is 0.416. The molecule has 0 unspecified atom stereocenters. The van der Waals surface area contributed by atoms with Crippen molar-refractivity contribution in [2.45, 2.75) is 6.92 Å². The van der Waals surface area contributed by atoms with Crippen LogP contribution in [0.25, 0.3) is 0 Å². The Morgan fingerprint density at radius 1 is 1.18 bits per heavy atom. The van der Waals surface area contributed by atoms with Crippen molar-refractivity contribution < 1.29 is 20.4 Å². The Morgan fingerprint density at radius 2 is 1.55 bits per heavy atom. The molecule has 0 radical (unpaired) electrons. The van der Waals surface area contributed by atoms with Crippen LogP contribution in [0.1, 0.15) is 6.92 Å². The third-order valence-corrected chi connectivity index (χ3v) is 1.72. The summed E-state index contributed by atoms with van der Waals surface area (Å²) in [7, 11) is 0. The van der Waals surface area contributed by atoms with E-state index in [1.54, 1.807) is 6.92 Å². The van der Waals surface area contributed by atoms with Crippen molar-refractivity contribution in [2.75, 3.05) is 19.8 Å². The first-order chi connectivity index (χ1) is 5.16. The second kappa shape index (κ2) is 4.33. The summed E-state index contributed by atoms with van der Waals surface area (Å²) in [6.45, 7) is 0.133. The van der Waals surface area contributed by atoms with Crippen molar-refractivity contribution in [3.05, 3.63) is 11.8 Å². The van der Waals surface area contributed by atoms with Gasteiger partial charge >= 0.3 is 0 Å². The van der Waals surface area contributed by atoms with Crippen LogP contribution >= 0.6 is 0 Å². The lowest BCUT2D eigenvalue weighted by Gasteiger charge is -2.26. The van der Waals surface area contributed by atoms with E-state index in [0.29, 0.717) is 0 Å². The predicted octanol–water partition coefficient (Wildman–Crippen LogP) is -0.589. The van der Waals surface area contributed by atoms with Crippen LogP contribution in [0, 0.1) is 5.41 Å². The standard InChI is InChI=1S/C7H14O4/c1-2-6(11)7(3-8,4-9)5-10/h2,8-11H,3-5H2,1H3. The van der Waals surface area contributed by atoms with Crippen LogP contribution in [0.3, 0.4) is 0 Å². The largest absolute Gasteiger partial charge is 0.512 e. The molecule has 0 atom stereocenters. The number of aliphatic hydroxyl groups is 4. The van der Waals surface area contributed by atoms with E-state index in [0.717, 1.165) is 0 Å². The molecule has 4 heteroatoms. The van der Waals surface area contributed by atoms with Crippen molar-refractivity contribution in [3.8, 4) is 0 Å². The van der Waals surface area contributed by atoms with Crippen molar-refractivity contribution in [3.63, 3.8) is 0 Å². The zero-order chi connectivity index (χ0) is 8.91. The first-order valence-corrected chi connectivity index (χ1v) is 3.35. The SMILES string of the molecule is CC=C(O)C(CO)(CO)CO. The summed E-state index contributed by atoms with van der Waals surface area (Å²) in [4.78, 5) is 0. The van der Waals surface area contributed by atoms with Crippen LogP contribution in [-0.4, -0.2) is 40.2 Å². The minimum absolute atomic E-state index is 0.190. The van der Waals surface area contributed by atoms with Gasteiger partial charge in [0.15, 0.2) is 0 Å². The molecule has 0 aliphatic carbocycles. The second-order valence-electron chi connectivity index (χ2n) is 2.43. The van der Waals surface area contributed by atoms with E-state index in [9.17, 15) is 0 Å². The van der Waals surface area contributed by atoms with Gasteiger partial charge in [0.2, 0.25) is 0 Å². The van der Waals surface area contributed by atoms with Crippen molar-refractivity contribution >= 4 is 0 Å². The first-order valence-electron chi connectivity index (χ1n) is 3.35. The van der Waals surface area contributed by atoms with E-state index in [4.69, 9.17) is 20.4 Å². The summed E-state index contributed by atoms with van der Waals surface area (Å²) in [5.74, 6) is -0.190. The molecule has 0 spiro atoms. The molecule has 0 aliphatic heterocycles. The molecule has 66 valence electrons. The van der Waals surface area contributed by atoms with Gasteiger partial charge in [-0.1, -0.05) is 0 Å². The van der Waals surface area contributed by atoms with Gasteiger partial charge in [0.05, 0.1) is 25.2 Å². The molecule has 0 aromatic heterocycles. The van der Waals surface area contributed by atoms with Crippen LogP contribution in [0.15, 0.2) is 11.8 Å². The summed E-state index contributed by atoms with van der Waals surface area (Å²) in [6.07, 6.45) is 1.34. The summed E-state index contributed by atoms with van der Waals surface area (Å²) in [6, 6.07) is 0. The van der Waals surface area contributed by atoms with Gasteiger partial charge in [-0.2, -0.15) is 0 Å². The summed E-state index contributed by atoms with van der Waals surface area (Å²) >= 11 is 0. The van der Waals surface area contributed by atoms with Crippen molar-refractivity contribution in [1.29, 1.82) is 0 Å². The molecule has 0 fully saturated rings. The molecule has 0 heterocycles. The summed E-state index contributed by atoms with van der Waals surface area (Å²) in [5.41, 5.74) is -1.28. The normalized spacial score (nSPS) is 13.6. The Hall–Kier alpha value is -0.580. The van der Waals surface area contributed by atoms with Gasteiger partial charge in [-0.05, 0) is 13.0 Å². The van der Waals surface area contributed by atoms with Gasteiger partial charge in [0.25, 0.3) is 0 Å². The predicted molar refractivity (Wildman–Crippen MR) is 40.1 cm³/mol. The maximum Gasteiger partial charge on any atom is 0.101 e. The lowest BCUT2D eigenvalue weighted by atomic mass is 9.88. The minimum Gasteiger partial charge on any atom is -0.512 e. The molecule has 0 aromatic rings. The van der Waals surface area contributed by atoms with Crippen LogP contribution < -0.4 is 0 Å². The molecule has 0 rings (SSSR count). The van der Waals surface area contributed by atoms with Gasteiger partial charge < -0.3 is 20.4 Å². The average molecular weight is 162 g/mol. The smallest absolute Gasteiger partial charge is 0.101 e. The molecular weight excluding hydrogens is 148 g/mol. The Balaban J connectivity index is 4.54. The average Bonchev–Trinajstić information content (AvgIpc) is 2.08. The summed E-state index contributed by atoms with van der Waals surface area (Å²) < 4.78 is 0. The van der Waals surface area contributed by atoms with E-state index in [1.165, 1.54) is 6.08 Å². The van der Waals surface area contributed by atoms with Gasteiger partial charge in [0, 0.05) is 0 Å². The van der Waals surface area contributed by atoms with Crippen LogP contribution in [0.4, 0.5) is 0 Å². The van der Waals surface area contributed by atoms with Gasteiger partial charge in [-0.15, -0.1) is 0 Å². The number of hydrogen-bond acceptors (Lipinski definition) is 4. The van der Waals surface area contributed by atoms with Gasteiger partial charge in [0.1, 0.15) is 5.76 Å². The third-order valence-electron chi connectivity index (χ3n) is 1.72. The van der Waals surface area contributed by atoms with E-state index >= 15 is 0 Å². The first kappa shape index (κ1) is 10.4. The zero-order valence-corrected chi connectivity index (χ0v) is 6.49. The molecule has 4 nitrogen and oxygen atoms in total. The van der Waals surface area contributed by atoms with Crippen molar-refractivity contribution in [1.82, 2.24) is 0 Å². The second-order valence-corrected chi connectivity index (χ2v) is 2.43. The Labute approximate surface area is 65.4 Å². The maximum atomic E-state index is 9.15. The lowest BCUT2D eigenvalue weighted by Crippen LogP contribution is -2.35. The number of allylic oxidation sites excluding steroid dienone is 1. The Morgan fingerprint density at radius 3 is 1.64 bits per heavy atom. The van der Waals surface area contributed by atoms with E-state index in [-0.39, 0.29) is 5.76 Å². The molecule has 0 aromatic carbocycles. The molecule has 0 saturated heterocycles. The van der Waals surface area contributed by atoms with Crippen LogP contribution in [0.2, 0.25) is 0 Å². The highest BCUT2D eigenvalue weighted by atomic mass is 16.3. The molecule has 0 bridgehead atoms. The number of hydrogen-bond donors (Lipinski definition) is 4. The molecule has 4 N–H and O–H groups in total. The summed E-state index contributed by atoms with van der Waals surface area (Å²) in [5, 5.41) is 35.4. The zero-order valence-electron chi connectivity index (χ0n) is 6.49. The van der Waals surface area contributed by atoms with E-state index in [2.05, 4.69) is 0 Å². The molecule has 11 heavy (non-hydrogen) atoms. The lowest BCUT2D eigenvalue weighted by molar-refractivity contribution is 0.00479. The molecule has 0 amide bonds. The molecular formula is C7H14O4. The van der Waals surface area contributed by atoms with E-state index < -0.39 is 25.2 Å². The van der Waals surface area contributed by atoms with Gasteiger partial charge in [-0.3, -0.25) is 0 Å². The molecule has 0 aliphatic rings. The fourth-order valence-corrected chi connectivity index (χ4v) is 0.699. The minimum atomic E-state index is -1.28. The number of aliphatic hydroxyl groups excluding tert-OH is 4. The maximum absolute atomic E-state index is 9.15. The van der Waals surface area contributed by atoms with Crippen LogP contribution in [-0.2, 0) is 0 Å². The molecule has 0 saturated carbocycles. The number of rotatable bonds is 4. The monoisotopic (exact) mass is 162 g/mol. The third kappa shape index (κ3) is 1.92. The van der Waals surface area contributed by atoms with Crippen LogP contribution in [0.5, 0.6) is 0 Å².